The molecule has 0 saturated carbocycles. The first-order chi connectivity index (χ1) is 8.72. The molecule has 0 aliphatic carbocycles. The number of hydrogen-bond donors (Lipinski definition) is 1. The molecule has 2 N–H and O–H groups in total. The minimum Gasteiger partial charge on any atom is -0.398 e. The summed E-state index contributed by atoms with van der Waals surface area (Å²) in [6, 6.07) is 11.6. The predicted octanol–water partition coefficient (Wildman–Crippen LogP) is 2.15. The lowest BCUT2D eigenvalue weighted by Crippen LogP contribution is -2.24. The molecule has 1 aromatic heterocycles. The largest absolute Gasteiger partial charge is 0.398 e. The summed E-state index contributed by atoms with van der Waals surface area (Å²) in [4.78, 5) is 13.1. The highest BCUT2D eigenvalue weighted by Gasteiger charge is 2.22. The summed E-state index contributed by atoms with van der Waals surface area (Å²) in [7, 11) is 0. The molecule has 1 unspecified atom stereocenters. The second-order valence-electron chi connectivity index (χ2n) is 4.50. The maximum Gasteiger partial charge on any atom is 0.250 e. The third-order valence-electron chi connectivity index (χ3n) is 3.12. The van der Waals surface area contributed by atoms with Crippen LogP contribution in [0.2, 0.25) is 0 Å². The third-order valence-corrected chi connectivity index (χ3v) is 4.42. The van der Waals surface area contributed by atoms with Crippen molar-refractivity contribution in [3.8, 4) is 0 Å². The Labute approximate surface area is 110 Å². The van der Waals surface area contributed by atoms with Crippen molar-refractivity contribution in [2.75, 3.05) is 5.73 Å². The molecular formula is C14H14N2OS. The fourth-order valence-corrected chi connectivity index (χ4v) is 3.58. The zero-order valence-corrected chi connectivity index (χ0v) is 10.7. The van der Waals surface area contributed by atoms with Crippen LogP contribution in [0.3, 0.4) is 0 Å². The predicted molar refractivity (Wildman–Crippen MR) is 74.9 cm³/mol. The lowest BCUT2D eigenvalue weighted by molar-refractivity contribution is 0.643. The van der Waals surface area contributed by atoms with Crippen molar-refractivity contribution >= 4 is 17.4 Å². The van der Waals surface area contributed by atoms with E-state index in [1.807, 2.05) is 11.8 Å². The molecule has 2 heterocycles. The Hall–Kier alpha value is -1.68. The Morgan fingerprint density at radius 1 is 1.28 bits per heavy atom. The monoisotopic (exact) mass is 258 g/mol. The van der Waals surface area contributed by atoms with Crippen molar-refractivity contribution in [2.24, 2.45) is 0 Å². The molecule has 18 heavy (non-hydrogen) atoms. The number of nitrogens with two attached hydrogens (primary N) is 1. The average Bonchev–Trinajstić information content (AvgIpc) is 2.76. The summed E-state index contributed by atoms with van der Waals surface area (Å²) in [5, 5.41) is 0.418. The van der Waals surface area contributed by atoms with Crippen LogP contribution >= 0.6 is 11.8 Å². The van der Waals surface area contributed by atoms with Gasteiger partial charge in [-0.25, -0.2) is 0 Å². The fourth-order valence-electron chi connectivity index (χ4n) is 2.27. The van der Waals surface area contributed by atoms with E-state index in [0.29, 0.717) is 17.5 Å². The number of aromatic nitrogens is 1. The number of thioether (sulfide) groups is 1. The van der Waals surface area contributed by atoms with Crippen LogP contribution in [0.4, 0.5) is 5.69 Å². The summed E-state index contributed by atoms with van der Waals surface area (Å²) in [5.41, 5.74) is 7.75. The molecule has 0 fully saturated rings. The average molecular weight is 258 g/mol. The molecule has 0 spiro atoms. The van der Waals surface area contributed by atoms with Gasteiger partial charge in [-0.1, -0.05) is 18.2 Å². The number of nitrogen functional groups attached to an aromatic ring is 1. The van der Waals surface area contributed by atoms with Crippen molar-refractivity contribution in [3.05, 3.63) is 58.5 Å². The maximum absolute atomic E-state index is 11.7. The molecule has 1 aliphatic heterocycles. The van der Waals surface area contributed by atoms with Gasteiger partial charge in [-0.15, -0.1) is 11.8 Å². The first kappa shape index (κ1) is 11.4. The van der Waals surface area contributed by atoms with Crippen molar-refractivity contribution in [1.29, 1.82) is 0 Å². The molecule has 0 amide bonds. The molecule has 0 saturated heterocycles. The number of rotatable bonds is 2. The van der Waals surface area contributed by atoms with Crippen LogP contribution < -0.4 is 11.3 Å². The normalized spacial score (nSPS) is 17.7. The summed E-state index contributed by atoms with van der Waals surface area (Å²) in [6.45, 7) is 0.712. The van der Waals surface area contributed by atoms with Crippen LogP contribution in [0.5, 0.6) is 0 Å². The molecule has 0 bridgehead atoms. The van der Waals surface area contributed by atoms with Crippen LogP contribution in [0, 0.1) is 0 Å². The fraction of sp³-hybridized carbons (Fsp3) is 0.214. The molecule has 3 nitrogen and oxygen atoms in total. The topological polar surface area (TPSA) is 48.0 Å². The smallest absolute Gasteiger partial charge is 0.250 e. The van der Waals surface area contributed by atoms with Gasteiger partial charge in [0.25, 0.3) is 5.56 Å². The van der Waals surface area contributed by atoms with E-state index in [4.69, 9.17) is 5.73 Å². The highest BCUT2D eigenvalue weighted by Crippen LogP contribution is 2.37. The van der Waals surface area contributed by atoms with Crippen LogP contribution in [0.1, 0.15) is 5.56 Å². The van der Waals surface area contributed by atoms with Crippen molar-refractivity contribution in [2.45, 2.75) is 23.1 Å². The van der Waals surface area contributed by atoms with Crippen molar-refractivity contribution in [1.82, 2.24) is 4.57 Å². The number of benzene rings is 1. The quantitative estimate of drug-likeness (QED) is 0.898. The minimum absolute atomic E-state index is 0.0146. The lowest BCUT2D eigenvalue weighted by atomic mass is 10.1. The zero-order valence-electron chi connectivity index (χ0n) is 9.87. The molecule has 4 heteroatoms. The van der Waals surface area contributed by atoms with Crippen LogP contribution in [0.15, 0.2) is 52.3 Å². The Morgan fingerprint density at radius 3 is 2.94 bits per heavy atom. The molecular weight excluding hydrogens is 244 g/mol. The molecule has 1 aliphatic rings. The van der Waals surface area contributed by atoms with E-state index < -0.39 is 0 Å². The molecule has 1 aromatic carbocycles. The molecule has 0 radical (unpaired) electrons. The zero-order chi connectivity index (χ0) is 12.5. The lowest BCUT2D eigenvalue weighted by Gasteiger charge is -2.11. The Bertz CT molecular complexity index is 611. The van der Waals surface area contributed by atoms with E-state index in [-0.39, 0.29) is 5.56 Å². The van der Waals surface area contributed by atoms with Crippen molar-refractivity contribution in [3.63, 3.8) is 0 Å². The Morgan fingerprint density at radius 2 is 2.11 bits per heavy atom. The standard InChI is InChI=1S/C14H14N2OS/c15-11-5-6-14(17)16(8-11)9-12-7-10-3-1-2-4-13(10)18-12/h1-6,8,12H,7,9,15H2. The van der Waals surface area contributed by atoms with Crippen LogP contribution in [-0.2, 0) is 13.0 Å². The van der Waals surface area contributed by atoms with E-state index >= 15 is 0 Å². The molecule has 3 rings (SSSR count). The van der Waals surface area contributed by atoms with E-state index in [2.05, 4.69) is 24.3 Å². The number of hydrogen-bond acceptors (Lipinski definition) is 3. The van der Waals surface area contributed by atoms with Gasteiger partial charge in [-0.05, 0) is 24.1 Å². The van der Waals surface area contributed by atoms with Gasteiger partial charge < -0.3 is 10.3 Å². The Kier molecular flexibility index (Phi) is 2.88. The first-order valence-electron chi connectivity index (χ1n) is 5.93. The van der Waals surface area contributed by atoms with E-state index in [0.717, 1.165) is 6.42 Å². The molecule has 92 valence electrons. The SMILES string of the molecule is Nc1ccc(=O)n(CC2Cc3ccccc3S2)c1. The maximum atomic E-state index is 11.7. The van der Waals surface area contributed by atoms with Gasteiger partial charge in [0.2, 0.25) is 0 Å². The third kappa shape index (κ3) is 2.16. The number of nitrogens with zero attached hydrogens (tertiary/aromatic N) is 1. The number of anilines is 1. The summed E-state index contributed by atoms with van der Waals surface area (Å²) in [5.74, 6) is 0. The highest BCUT2D eigenvalue weighted by molar-refractivity contribution is 8.00. The van der Waals surface area contributed by atoms with Gasteiger partial charge in [0.1, 0.15) is 0 Å². The first-order valence-corrected chi connectivity index (χ1v) is 6.81. The van der Waals surface area contributed by atoms with Gasteiger partial charge in [0.05, 0.1) is 0 Å². The number of pyridine rings is 1. The number of fused-ring (bicyclic) bond motifs is 1. The van der Waals surface area contributed by atoms with Gasteiger partial charge >= 0.3 is 0 Å². The summed E-state index contributed by atoms with van der Waals surface area (Å²) in [6.07, 6.45) is 2.74. The second kappa shape index (κ2) is 4.53. The molecule has 1 atom stereocenters. The second-order valence-corrected chi connectivity index (χ2v) is 5.85. The Balaban J connectivity index is 1.80. The van der Waals surface area contributed by atoms with Crippen LogP contribution in [0.25, 0.3) is 0 Å². The minimum atomic E-state index is 0.0146. The highest BCUT2D eigenvalue weighted by atomic mass is 32.2. The van der Waals surface area contributed by atoms with Gasteiger partial charge in [0.15, 0.2) is 0 Å². The molecule has 2 aromatic rings. The van der Waals surface area contributed by atoms with Gasteiger partial charge in [0, 0.05) is 34.6 Å². The van der Waals surface area contributed by atoms with E-state index in [1.54, 1.807) is 16.8 Å². The van der Waals surface area contributed by atoms with Gasteiger partial charge in [-0.2, -0.15) is 0 Å². The van der Waals surface area contributed by atoms with E-state index in [9.17, 15) is 4.79 Å². The van der Waals surface area contributed by atoms with Crippen molar-refractivity contribution < 1.29 is 0 Å². The van der Waals surface area contributed by atoms with Crippen LogP contribution in [-0.4, -0.2) is 9.82 Å². The van der Waals surface area contributed by atoms with Gasteiger partial charge in [-0.3, -0.25) is 4.79 Å². The summed E-state index contributed by atoms with van der Waals surface area (Å²) < 4.78 is 1.71. The summed E-state index contributed by atoms with van der Waals surface area (Å²) >= 11 is 1.85. The van der Waals surface area contributed by atoms with E-state index in [1.165, 1.54) is 16.5 Å².